The molecule has 1 unspecified atom stereocenters. The van der Waals surface area contributed by atoms with E-state index in [1.165, 1.54) is 0 Å². The van der Waals surface area contributed by atoms with E-state index in [4.69, 9.17) is 0 Å². The number of benzene rings is 2. The van der Waals surface area contributed by atoms with Crippen molar-refractivity contribution in [1.82, 2.24) is 5.32 Å². The predicted octanol–water partition coefficient (Wildman–Crippen LogP) is 3.34. The molecule has 22 heavy (non-hydrogen) atoms. The zero-order valence-electron chi connectivity index (χ0n) is 11.9. The lowest BCUT2D eigenvalue weighted by Crippen LogP contribution is -2.28. The van der Waals surface area contributed by atoms with Crippen molar-refractivity contribution in [1.29, 1.82) is 0 Å². The topological polar surface area (TPSA) is 61.4 Å². The van der Waals surface area contributed by atoms with E-state index in [9.17, 15) is 18.7 Å². The number of hydrogen-bond donors (Lipinski definition) is 3. The van der Waals surface area contributed by atoms with Crippen molar-refractivity contribution in [3.8, 4) is 0 Å². The van der Waals surface area contributed by atoms with E-state index in [2.05, 4.69) is 10.6 Å². The maximum atomic E-state index is 13.4. The van der Waals surface area contributed by atoms with Gasteiger partial charge in [-0.05, 0) is 30.2 Å². The van der Waals surface area contributed by atoms with Crippen LogP contribution in [0.15, 0.2) is 42.5 Å². The molecule has 0 fully saturated rings. The second kappa shape index (κ2) is 7.00. The molecule has 0 radical (unpaired) electrons. The molecule has 0 bridgehead atoms. The van der Waals surface area contributed by atoms with Gasteiger partial charge in [0, 0.05) is 12.6 Å². The fourth-order valence-electron chi connectivity index (χ4n) is 1.85. The molecule has 0 aliphatic carbocycles. The van der Waals surface area contributed by atoms with Crippen LogP contribution >= 0.6 is 0 Å². The van der Waals surface area contributed by atoms with Crippen LogP contribution in [0.2, 0.25) is 0 Å². The number of rotatable bonds is 4. The molecule has 2 aromatic carbocycles. The lowest BCUT2D eigenvalue weighted by Gasteiger charge is -2.09. The van der Waals surface area contributed by atoms with Crippen LogP contribution in [-0.4, -0.2) is 11.1 Å². The van der Waals surface area contributed by atoms with E-state index in [1.807, 2.05) is 0 Å². The maximum Gasteiger partial charge on any atom is 0.319 e. The van der Waals surface area contributed by atoms with Gasteiger partial charge in [-0.15, -0.1) is 0 Å². The van der Waals surface area contributed by atoms with Crippen molar-refractivity contribution in [2.75, 3.05) is 5.32 Å². The van der Waals surface area contributed by atoms with E-state index in [0.29, 0.717) is 6.07 Å². The summed E-state index contributed by atoms with van der Waals surface area (Å²) in [7, 11) is 0. The number of carbonyl (C=O) groups excluding carboxylic acids is 1. The quantitative estimate of drug-likeness (QED) is 0.811. The Balaban J connectivity index is 1.89. The van der Waals surface area contributed by atoms with Crippen LogP contribution in [0.3, 0.4) is 0 Å². The minimum absolute atomic E-state index is 0.0941. The zero-order valence-corrected chi connectivity index (χ0v) is 11.9. The van der Waals surface area contributed by atoms with Crippen LogP contribution in [0.1, 0.15) is 24.2 Å². The van der Waals surface area contributed by atoms with Gasteiger partial charge in [0.15, 0.2) is 0 Å². The Morgan fingerprint density at radius 3 is 2.45 bits per heavy atom. The highest BCUT2D eigenvalue weighted by Gasteiger charge is 2.08. The number of nitrogens with one attached hydrogen (secondary N) is 2. The first-order valence-corrected chi connectivity index (χ1v) is 6.72. The molecule has 2 rings (SSSR count). The summed E-state index contributed by atoms with van der Waals surface area (Å²) < 4.78 is 26.1. The van der Waals surface area contributed by atoms with Crippen LogP contribution in [-0.2, 0) is 6.54 Å². The molecule has 0 aliphatic heterocycles. The molecule has 0 aromatic heterocycles. The molecule has 3 N–H and O–H groups in total. The monoisotopic (exact) mass is 306 g/mol. The van der Waals surface area contributed by atoms with Gasteiger partial charge in [0.2, 0.25) is 0 Å². The first-order valence-electron chi connectivity index (χ1n) is 6.72. The fourth-order valence-corrected chi connectivity index (χ4v) is 1.85. The molecule has 2 amide bonds. The Hall–Kier alpha value is -2.47. The van der Waals surface area contributed by atoms with Crippen molar-refractivity contribution < 1.29 is 18.7 Å². The van der Waals surface area contributed by atoms with E-state index < -0.39 is 23.8 Å². The highest BCUT2D eigenvalue weighted by molar-refractivity contribution is 5.89. The Bertz CT molecular complexity index is 658. The number of carbonyl (C=O) groups is 1. The van der Waals surface area contributed by atoms with Gasteiger partial charge in [-0.1, -0.05) is 24.3 Å². The Morgan fingerprint density at radius 2 is 1.86 bits per heavy atom. The molecular formula is C16H16F2N2O2. The van der Waals surface area contributed by atoms with Crippen molar-refractivity contribution >= 4 is 11.7 Å². The second-order valence-electron chi connectivity index (χ2n) is 4.85. The number of halogens is 2. The third-order valence-corrected chi connectivity index (χ3v) is 3.09. The SMILES string of the molecule is CC(O)c1ccc(CNC(=O)Nc2ccc(F)cc2F)cc1. The fraction of sp³-hybridized carbons (Fsp3) is 0.188. The maximum absolute atomic E-state index is 13.4. The normalized spacial score (nSPS) is 11.8. The first-order chi connectivity index (χ1) is 10.5. The largest absolute Gasteiger partial charge is 0.389 e. The van der Waals surface area contributed by atoms with Gasteiger partial charge >= 0.3 is 6.03 Å². The molecule has 116 valence electrons. The Morgan fingerprint density at radius 1 is 1.18 bits per heavy atom. The van der Waals surface area contributed by atoms with Crippen molar-refractivity contribution in [2.45, 2.75) is 19.6 Å². The molecule has 0 saturated heterocycles. The molecule has 0 saturated carbocycles. The summed E-state index contributed by atoms with van der Waals surface area (Å²) in [5, 5.41) is 14.3. The highest BCUT2D eigenvalue weighted by Crippen LogP contribution is 2.15. The van der Waals surface area contributed by atoms with Crippen molar-refractivity contribution in [3.05, 3.63) is 65.2 Å². The molecular weight excluding hydrogens is 290 g/mol. The summed E-state index contributed by atoms with van der Waals surface area (Å²) in [6.45, 7) is 1.91. The Kier molecular flexibility index (Phi) is 5.06. The summed E-state index contributed by atoms with van der Waals surface area (Å²) in [5.41, 5.74) is 1.52. The molecule has 4 nitrogen and oxygen atoms in total. The van der Waals surface area contributed by atoms with Crippen LogP contribution in [0.25, 0.3) is 0 Å². The summed E-state index contributed by atoms with van der Waals surface area (Å²) in [6.07, 6.45) is -0.549. The Labute approximate surface area is 126 Å². The van der Waals surface area contributed by atoms with Crippen molar-refractivity contribution in [2.24, 2.45) is 0 Å². The van der Waals surface area contributed by atoms with Gasteiger partial charge < -0.3 is 15.7 Å². The number of aliphatic hydroxyl groups is 1. The van der Waals surface area contributed by atoms with Crippen molar-refractivity contribution in [3.63, 3.8) is 0 Å². The van der Waals surface area contributed by atoms with Gasteiger partial charge in [-0.2, -0.15) is 0 Å². The lowest BCUT2D eigenvalue weighted by atomic mass is 10.1. The third-order valence-electron chi connectivity index (χ3n) is 3.09. The number of anilines is 1. The van der Waals surface area contributed by atoms with Gasteiger partial charge in [0.25, 0.3) is 0 Å². The first kappa shape index (κ1) is 15.9. The van der Waals surface area contributed by atoms with Crippen LogP contribution in [0.5, 0.6) is 0 Å². The summed E-state index contributed by atoms with van der Waals surface area (Å²) >= 11 is 0. The number of hydrogen-bond acceptors (Lipinski definition) is 2. The van der Waals surface area contributed by atoms with E-state index in [0.717, 1.165) is 23.3 Å². The zero-order chi connectivity index (χ0) is 16.1. The standard InChI is InChI=1S/C16H16F2N2O2/c1-10(21)12-4-2-11(3-5-12)9-19-16(22)20-15-7-6-13(17)8-14(15)18/h2-8,10,21H,9H2,1H3,(H2,19,20,22). The van der Waals surface area contributed by atoms with Gasteiger partial charge in [-0.25, -0.2) is 13.6 Å². The van der Waals surface area contributed by atoms with Crippen LogP contribution in [0, 0.1) is 11.6 Å². The van der Waals surface area contributed by atoms with Gasteiger partial charge in [0.1, 0.15) is 11.6 Å². The third kappa shape index (κ3) is 4.26. The average Bonchev–Trinajstić information content (AvgIpc) is 2.48. The van der Waals surface area contributed by atoms with Crippen LogP contribution in [0.4, 0.5) is 19.3 Å². The van der Waals surface area contributed by atoms with E-state index in [-0.39, 0.29) is 12.2 Å². The smallest absolute Gasteiger partial charge is 0.319 e. The summed E-state index contributed by atoms with van der Waals surface area (Å²) in [5.74, 6) is -1.54. The van der Waals surface area contributed by atoms with Gasteiger partial charge in [-0.3, -0.25) is 0 Å². The molecule has 6 heteroatoms. The van der Waals surface area contributed by atoms with E-state index in [1.54, 1.807) is 31.2 Å². The lowest BCUT2D eigenvalue weighted by molar-refractivity contribution is 0.199. The molecule has 1 atom stereocenters. The molecule has 0 heterocycles. The minimum atomic E-state index is -0.837. The summed E-state index contributed by atoms with van der Waals surface area (Å²) in [4.78, 5) is 11.7. The number of urea groups is 1. The minimum Gasteiger partial charge on any atom is -0.389 e. The predicted molar refractivity (Wildman–Crippen MR) is 79.3 cm³/mol. The highest BCUT2D eigenvalue weighted by atomic mass is 19.1. The average molecular weight is 306 g/mol. The molecule has 0 aliphatic rings. The molecule has 2 aromatic rings. The van der Waals surface area contributed by atoms with Crippen LogP contribution < -0.4 is 10.6 Å². The second-order valence-corrected chi connectivity index (χ2v) is 4.85. The van der Waals surface area contributed by atoms with E-state index >= 15 is 0 Å². The van der Waals surface area contributed by atoms with Gasteiger partial charge in [0.05, 0.1) is 11.8 Å². The summed E-state index contributed by atoms with van der Waals surface area (Å²) in [6, 6.07) is 9.41. The number of aliphatic hydroxyl groups excluding tert-OH is 1. The number of amides is 2. The molecule has 0 spiro atoms.